The summed E-state index contributed by atoms with van der Waals surface area (Å²) in [4.78, 5) is 24.2. The number of nitrogens with zero attached hydrogens (tertiary/aromatic N) is 4. The SMILES string of the molecule is Cn1cnc2c1C(C(=O)NCc1ccccn1)CN(C1CCOCC1)C2. The number of amides is 1. The Balaban J connectivity index is 1.50. The van der Waals surface area contributed by atoms with E-state index in [1.54, 1.807) is 6.20 Å². The van der Waals surface area contributed by atoms with Gasteiger partial charge in [0, 0.05) is 45.6 Å². The number of pyridine rings is 1. The zero-order valence-electron chi connectivity index (χ0n) is 15.1. The molecule has 4 rings (SSSR count). The number of aryl methyl sites for hydroxylation is 1. The van der Waals surface area contributed by atoms with Gasteiger partial charge in [0.1, 0.15) is 0 Å². The van der Waals surface area contributed by atoms with Crippen molar-refractivity contribution in [2.45, 2.75) is 37.9 Å². The fourth-order valence-electron chi connectivity index (χ4n) is 3.97. The molecule has 7 nitrogen and oxygen atoms in total. The number of hydrogen-bond acceptors (Lipinski definition) is 5. The molecule has 0 aromatic carbocycles. The predicted molar refractivity (Wildman–Crippen MR) is 96.3 cm³/mol. The molecule has 4 heterocycles. The van der Waals surface area contributed by atoms with E-state index in [2.05, 4.69) is 20.2 Å². The maximum atomic E-state index is 13.0. The standard InChI is InChI=1S/C19H25N5O2/c1-23-13-22-17-12-24(15-5-8-26-9-6-15)11-16(18(17)23)19(25)21-10-14-4-2-3-7-20-14/h2-4,7,13,15-16H,5-6,8-12H2,1H3,(H,21,25). The van der Waals surface area contributed by atoms with Crippen LogP contribution in [-0.2, 0) is 29.7 Å². The Morgan fingerprint density at radius 1 is 1.31 bits per heavy atom. The quantitative estimate of drug-likeness (QED) is 0.893. The smallest absolute Gasteiger partial charge is 0.230 e. The molecule has 1 fully saturated rings. The summed E-state index contributed by atoms with van der Waals surface area (Å²) in [6.45, 7) is 3.58. The third-order valence-corrected chi connectivity index (χ3v) is 5.36. The lowest BCUT2D eigenvalue weighted by molar-refractivity contribution is -0.124. The van der Waals surface area contributed by atoms with Crippen molar-refractivity contribution in [2.24, 2.45) is 7.05 Å². The summed E-state index contributed by atoms with van der Waals surface area (Å²) in [5, 5.41) is 3.06. The Hall–Kier alpha value is -2.25. The monoisotopic (exact) mass is 355 g/mol. The van der Waals surface area contributed by atoms with Gasteiger partial charge < -0.3 is 14.6 Å². The number of rotatable bonds is 4. The zero-order valence-corrected chi connectivity index (χ0v) is 15.1. The van der Waals surface area contributed by atoms with Crippen LogP contribution in [0.15, 0.2) is 30.7 Å². The number of aromatic nitrogens is 3. The van der Waals surface area contributed by atoms with Crippen molar-refractivity contribution in [1.82, 2.24) is 24.8 Å². The van der Waals surface area contributed by atoms with Gasteiger partial charge in [-0.2, -0.15) is 0 Å². The minimum absolute atomic E-state index is 0.0391. The Bertz CT molecular complexity index is 755. The summed E-state index contributed by atoms with van der Waals surface area (Å²) < 4.78 is 7.48. The van der Waals surface area contributed by atoms with E-state index in [9.17, 15) is 4.79 Å². The van der Waals surface area contributed by atoms with Gasteiger partial charge in [-0.1, -0.05) is 6.07 Å². The number of nitrogens with one attached hydrogen (secondary N) is 1. The van der Waals surface area contributed by atoms with Crippen LogP contribution in [0.1, 0.15) is 35.8 Å². The number of carbonyl (C=O) groups is 1. The molecule has 1 atom stereocenters. The van der Waals surface area contributed by atoms with Gasteiger partial charge >= 0.3 is 0 Å². The van der Waals surface area contributed by atoms with Crippen molar-refractivity contribution >= 4 is 5.91 Å². The van der Waals surface area contributed by atoms with Gasteiger partial charge in [-0.25, -0.2) is 4.98 Å². The van der Waals surface area contributed by atoms with Gasteiger partial charge in [-0.3, -0.25) is 14.7 Å². The molecule has 1 N–H and O–H groups in total. The highest BCUT2D eigenvalue weighted by Crippen LogP contribution is 2.30. The largest absolute Gasteiger partial charge is 0.381 e. The van der Waals surface area contributed by atoms with Crippen LogP contribution in [0.2, 0.25) is 0 Å². The molecule has 2 aliphatic rings. The van der Waals surface area contributed by atoms with E-state index in [0.29, 0.717) is 12.6 Å². The van der Waals surface area contributed by atoms with E-state index in [-0.39, 0.29) is 11.8 Å². The third kappa shape index (κ3) is 3.50. The first kappa shape index (κ1) is 17.2. The summed E-state index contributed by atoms with van der Waals surface area (Å²) in [6.07, 6.45) is 5.60. The molecule has 2 aliphatic heterocycles. The topological polar surface area (TPSA) is 72.3 Å². The fourth-order valence-corrected chi connectivity index (χ4v) is 3.97. The van der Waals surface area contributed by atoms with Crippen LogP contribution in [0, 0.1) is 0 Å². The summed E-state index contributed by atoms with van der Waals surface area (Å²) in [7, 11) is 1.97. The lowest BCUT2D eigenvalue weighted by atomic mass is 9.94. The Kier molecular flexibility index (Phi) is 4.99. The van der Waals surface area contributed by atoms with Gasteiger partial charge in [0.25, 0.3) is 0 Å². The van der Waals surface area contributed by atoms with E-state index in [0.717, 1.165) is 56.2 Å². The number of imidazole rings is 1. The van der Waals surface area contributed by atoms with E-state index in [1.165, 1.54) is 0 Å². The van der Waals surface area contributed by atoms with E-state index in [1.807, 2.05) is 36.1 Å². The van der Waals surface area contributed by atoms with E-state index in [4.69, 9.17) is 4.74 Å². The first-order chi connectivity index (χ1) is 12.7. The second-order valence-corrected chi connectivity index (χ2v) is 7.05. The van der Waals surface area contributed by atoms with Gasteiger partial charge in [-0.05, 0) is 25.0 Å². The van der Waals surface area contributed by atoms with Crippen LogP contribution in [0.5, 0.6) is 0 Å². The van der Waals surface area contributed by atoms with Crippen molar-refractivity contribution in [3.63, 3.8) is 0 Å². The number of hydrogen-bond donors (Lipinski definition) is 1. The molecule has 0 saturated carbocycles. The minimum Gasteiger partial charge on any atom is -0.381 e. The molecule has 7 heteroatoms. The molecule has 138 valence electrons. The van der Waals surface area contributed by atoms with Crippen LogP contribution >= 0.6 is 0 Å². The van der Waals surface area contributed by atoms with Crippen molar-refractivity contribution in [2.75, 3.05) is 19.8 Å². The lowest BCUT2D eigenvalue weighted by Gasteiger charge is -2.39. The first-order valence-corrected chi connectivity index (χ1v) is 9.22. The van der Waals surface area contributed by atoms with Crippen molar-refractivity contribution < 1.29 is 9.53 Å². The zero-order chi connectivity index (χ0) is 17.9. The normalized spacial score (nSPS) is 21.3. The van der Waals surface area contributed by atoms with E-state index < -0.39 is 0 Å². The number of ether oxygens (including phenoxy) is 1. The second kappa shape index (κ2) is 7.55. The van der Waals surface area contributed by atoms with E-state index >= 15 is 0 Å². The predicted octanol–water partition coefficient (Wildman–Crippen LogP) is 1.21. The minimum atomic E-state index is -0.210. The highest BCUT2D eigenvalue weighted by Gasteiger charge is 2.36. The molecule has 1 saturated heterocycles. The molecule has 1 amide bonds. The van der Waals surface area contributed by atoms with Gasteiger partial charge in [0.15, 0.2) is 0 Å². The van der Waals surface area contributed by atoms with Gasteiger partial charge in [-0.15, -0.1) is 0 Å². The van der Waals surface area contributed by atoms with Crippen molar-refractivity contribution in [3.8, 4) is 0 Å². The molecule has 0 bridgehead atoms. The number of fused-ring (bicyclic) bond motifs is 1. The molecule has 0 aliphatic carbocycles. The molecule has 2 aromatic heterocycles. The first-order valence-electron chi connectivity index (χ1n) is 9.22. The van der Waals surface area contributed by atoms with Crippen LogP contribution in [-0.4, -0.2) is 51.1 Å². The summed E-state index contributed by atoms with van der Waals surface area (Å²) >= 11 is 0. The van der Waals surface area contributed by atoms with Crippen LogP contribution in [0.3, 0.4) is 0 Å². The molecular formula is C19H25N5O2. The lowest BCUT2D eigenvalue weighted by Crippen LogP contribution is -2.47. The molecular weight excluding hydrogens is 330 g/mol. The van der Waals surface area contributed by atoms with Crippen LogP contribution in [0.25, 0.3) is 0 Å². The van der Waals surface area contributed by atoms with Crippen molar-refractivity contribution in [3.05, 3.63) is 47.8 Å². The fraction of sp³-hybridized carbons (Fsp3) is 0.526. The average Bonchev–Trinajstić information content (AvgIpc) is 3.08. The Labute approximate surface area is 153 Å². The highest BCUT2D eigenvalue weighted by atomic mass is 16.5. The molecule has 0 radical (unpaired) electrons. The summed E-state index contributed by atoms with van der Waals surface area (Å²) in [5.41, 5.74) is 2.92. The van der Waals surface area contributed by atoms with Crippen LogP contribution in [0.4, 0.5) is 0 Å². The highest BCUT2D eigenvalue weighted by molar-refractivity contribution is 5.84. The summed E-state index contributed by atoms with van der Waals surface area (Å²) in [6, 6.07) is 6.19. The number of carbonyl (C=O) groups excluding carboxylic acids is 1. The van der Waals surface area contributed by atoms with Gasteiger partial charge in [0.05, 0.1) is 35.9 Å². The average molecular weight is 355 g/mol. The van der Waals surface area contributed by atoms with Crippen molar-refractivity contribution in [1.29, 1.82) is 0 Å². The Morgan fingerprint density at radius 2 is 2.15 bits per heavy atom. The van der Waals surface area contributed by atoms with Crippen LogP contribution < -0.4 is 5.32 Å². The Morgan fingerprint density at radius 3 is 2.92 bits per heavy atom. The maximum Gasteiger partial charge on any atom is 0.230 e. The molecule has 2 aromatic rings. The maximum absolute atomic E-state index is 13.0. The molecule has 26 heavy (non-hydrogen) atoms. The summed E-state index contributed by atoms with van der Waals surface area (Å²) in [5.74, 6) is -0.171. The third-order valence-electron chi connectivity index (χ3n) is 5.36. The molecule has 0 spiro atoms. The van der Waals surface area contributed by atoms with Gasteiger partial charge in [0.2, 0.25) is 5.91 Å². The second-order valence-electron chi connectivity index (χ2n) is 7.05. The molecule has 1 unspecified atom stereocenters.